The van der Waals surface area contributed by atoms with Crippen molar-refractivity contribution in [1.29, 1.82) is 0 Å². The molecule has 23 heavy (non-hydrogen) atoms. The van der Waals surface area contributed by atoms with Crippen molar-refractivity contribution in [3.05, 3.63) is 36.9 Å². The molecule has 2 aromatic heterocycles. The summed E-state index contributed by atoms with van der Waals surface area (Å²) in [6.45, 7) is 3.54. The molecule has 2 aromatic rings. The molecule has 1 aliphatic heterocycles. The van der Waals surface area contributed by atoms with E-state index in [0.29, 0.717) is 13.1 Å². The quantitative estimate of drug-likeness (QED) is 0.881. The van der Waals surface area contributed by atoms with E-state index < -0.39 is 0 Å². The number of aryl methyl sites for hydroxylation is 1. The van der Waals surface area contributed by atoms with Crippen molar-refractivity contribution in [2.75, 3.05) is 33.2 Å². The fraction of sp³-hybridized carbons (Fsp3) is 0.533. The fourth-order valence-corrected chi connectivity index (χ4v) is 2.86. The predicted molar refractivity (Wildman–Crippen MR) is 85.8 cm³/mol. The first kappa shape index (κ1) is 15.5. The summed E-state index contributed by atoms with van der Waals surface area (Å²) in [6, 6.07) is 0.112. The second kappa shape index (κ2) is 6.82. The Hall–Kier alpha value is -2.35. The zero-order chi connectivity index (χ0) is 16.2. The first-order valence-electron chi connectivity index (χ1n) is 7.81. The third-order valence-electron chi connectivity index (χ3n) is 4.30. The summed E-state index contributed by atoms with van der Waals surface area (Å²) in [5.41, 5.74) is 0. The van der Waals surface area contributed by atoms with Crippen molar-refractivity contribution in [3.63, 3.8) is 0 Å². The Bertz CT molecular complexity index is 636. The number of urea groups is 1. The summed E-state index contributed by atoms with van der Waals surface area (Å²) < 4.78 is 3.96. The Labute approximate surface area is 135 Å². The van der Waals surface area contributed by atoms with Gasteiger partial charge < -0.3 is 19.4 Å². The van der Waals surface area contributed by atoms with Gasteiger partial charge >= 0.3 is 6.03 Å². The van der Waals surface area contributed by atoms with E-state index in [2.05, 4.69) is 27.2 Å². The first-order chi connectivity index (χ1) is 11.1. The monoisotopic (exact) mass is 317 g/mol. The van der Waals surface area contributed by atoms with E-state index >= 15 is 0 Å². The van der Waals surface area contributed by atoms with Gasteiger partial charge in [-0.05, 0) is 7.05 Å². The van der Waals surface area contributed by atoms with Gasteiger partial charge in [-0.15, -0.1) is 0 Å². The number of likely N-dealkylation sites (N-methyl/N-ethyl adjacent to an activating group) is 1. The van der Waals surface area contributed by atoms with E-state index in [4.69, 9.17) is 0 Å². The van der Waals surface area contributed by atoms with Crippen LogP contribution in [-0.2, 0) is 13.6 Å². The second-order valence-corrected chi connectivity index (χ2v) is 5.87. The molecule has 0 saturated carbocycles. The Morgan fingerprint density at radius 1 is 1.30 bits per heavy atom. The summed E-state index contributed by atoms with van der Waals surface area (Å²) in [5, 5.41) is 2.98. The van der Waals surface area contributed by atoms with Crippen LogP contribution in [0, 0.1) is 0 Å². The highest BCUT2D eigenvalue weighted by atomic mass is 16.2. The Morgan fingerprint density at radius 2 is 2.17 bits per heavy atom. The van der Waals surface area contributed by atoms with Crippen LogP contribution in [0.5, 0.6) is 0 Å². The van der Waals surface area contributed by atoms with Gasteiger partial charge in [-0.3, -0.25) is 4.90 Å². The van der Waals surface area contributed by atoms with Crippen molar-refractivity contribution in [2.24, 2.45) is 7.05 Å². The number of nitrogens with zero attached hydrogens (tertiary/aromatic N) is 6. The standard InChI is InChI=1S/C15H23N7O/c1-19-9-10-22(11-13(19)14-17-4-6-20(14)2)15(23)18-5-8-21-7-3-16-12-21/h3-4,6-7,12-13H,5,8-11H2,1-2H3,(H,18,23)/t13-/m0/s1. The van der Waals surface area contributed by atoms with Crippen LogP contribution < -0.4 is 5.32 Å². The Morgan fingerprint density at radius 3 is 2.87 bits per heavy atom. The van der Waals surface area contributed by atoms with E-state index in [-0.39, 0.29) is 12.1 Å². The zero-order valence-electron chi connectivity index (χ0n) is 13.6. The van der Waals surface area contributed by atoms with Crippen LogP contribution in [0.15, 0.2) is 31.1 Å². The number of aromatic nitrogens is 4. The molecule has 1 fully saturated rings. The van der Waals surface area contributed by atoms with Crippen LogP contribution in [0.25, 0.3) is 0 Å². The van der Waals surface area contributed by atoms with Crippen LogP contribution in [0.1, 0.15) is 11.9 Å². The van der Waals surface area contributed by atoms with Crippen molar-refractivity contribution < 1.29 is 4.79 Å². The van der Waals surface area contributed by atoms with Gasteiger partial charge in [-0.1, -0.05) is 0 Å². The fourth-order valence-electron chi connectivity index (χ4n) is 2.86. The number of rotatable bonds is 4. The predicted octanol–water partition coefficient (Wildman–Crippen LogP) is 0.315. The molecule has 3 heterocycles. The molecule has 1 atom stereocenters. The van der Waals surface area contributed by atoms with Crippen molar-refractivity contribution in [2.45, 2.75) is 12.6 Å². The maximum absolute atomic E-state index is 12.4. The molecule has 8 heteroatoms. The molecule has 8 nitrogen and oxygen atoms in total. The van der Waals surface area contributed by atoms with Gasteiger partial charge in [0.05, 0.1) is 12.4 Å². The highest BCUT2D eigenvalue weighted by molar-refractivity contribution is 5.74. The van der Waals surface area contributed by atoms with E-state index in [1.807, 2.05) is 33.5 Å². The molecule has 3 rings (SSSR count). The molecule has 2 amide bonds. The highest BCUT2D eigenvalue weighted by Crippen LogP contribution is 2.22. The van der Waals surface area contributed by atoms with Crippen LogP contribution in [-0.4, -0.2) is 68.2 Å². The topological polar surface area (TPSA) is 71.2 Å². The molecule has 1 N–H and O–H groups in total. The first-order valence-corrected chi connectivity index (χ1v) is 7.81. The number of amides is 2. The molecule has 1 aliphatic rings. The summed E-state index contributed by atoms with van der Waals surface area (Å²) >= 11 is 0. The number of carbonyl (C=O) groups excluding carboxylic acids is 1. The molecule has 1 saturated heterocycles. The molecular weight excluding hydrogens is 294 g/mol. The molecule has 0 unspecified atom stereocenters. The number of imidazole rings is 2. The molecule has 0 aliphatic carbocycles. The molecule has 0 spiro atoms. The van der Waals surface area contributed by atoms with E-state index in [0.717, 1.165) is 25.5 Å². The third kappa shape index (κ3) is 3.53. The van der Waals surface area contributed by atoms with Crippen LogP contribution in [0.2, 0.25) is 0 Å². The average Bonchev–Trinajstić information content (AvgIpc) is 3.19. The van der Waals surface area contributed by atoms with Gasteiger partial charge in [0.2, 0.25) is 0 Å². The average molecular weight is 317 g/mol. The minimum Gasteiger partial charge on any atom is -0.337 e. The number of piperazine rings is 1. The van der Waals surface area contributed by atoms with E-state index in [1.165, 1.54) is 0 Å². The number of carbonyl (C=O) groups is 1. The normalized spacial score (nSPS) is 19.0. The third-order valence-corrected chi connectivity index (χ3v) is 4.30. The van der Waals surface area contributed by atoms with Gasteiger partial charge in [0.1, 0.15) is 5.82 Å². The Balaban J connectivity index is 1.55. The number of hydrogen-bond acceptors (Lipinski definition) is 4. The number of hydrogen-bond donors (Lipinski definition) is 1. The van der Waals surface area contributed by atoms with Crippen LogP contribution in [0.3, 0.4) is 0 Å². The van der Waals surface area contributed by atoms with Gasteiger partial charge in [0, 0.05) is 64.6 Å². The zero-order valence-corrected chi connectivity index (χ0v) is 13.6. The molecule has 124 valence electrons. The van der Waals surface area contributed by atoms with Crippen LogP contribution in [0.4, 0.5) is 4.79 Å². The summed E-state index contributed by atoms with van der Waals surface area (Å²) in [6.07, 6.45) is 9.11. The lowest BCUT2D eigenvalue weighted by molar-refractivity contribution is 0.104. The maximum atomic E-state index is 12.4. The maximum Gasteiger partial charge on any atom is 0.317 e. The highest BCUT2D eigenvalue weighted by Gasteiger charge is 2.30. The lowest BCUT2D eigenvalue weighted by atomic mass is 10.1. The van der Waals surface area contributed by atoms with Gasteiger partial charge in [0.25, 0.3) is 0 Å². The Kier molecular flexibility index (Phi) is 4.61. The smallest absolute Gasteiger partial charge is 0.317 e. The second-order valence-electron chi connectivity index (χ2n) is 5.87. The molecule has 0 radical (unpaired) electrons. The summed E-state index contributed by atoms with van der Waals surface area (Å²) in [7, 11) is 4.06. The minimum atomic E-state index is -0.0163. The summed E-state index contributed by atoms with van der Waals surface area (Å²) in [5.74, 6) is 0.989. The van der Waals surface area contributed by atoms with Crippen LogP contribution >= 0.6 is 0 Å². The SMILES string of the molecule is CN1CCN(C(=O)NCCn2ccnc2)C[C@H]1c1nccn1C. The largest absolute Gasteiger partial charge is 0.337 e. The van der Waals surface area contributed by atoms with E-state index in [9.17, 15) is 4.79 Å². The molecule has 0 bridgehead atoms. The lowest BCUT2D eigenvalue weighted by Crippen LogP contribution is -2.52. The number of nitrogens with one attached hydrogen (secondary N) is 1. The molecular formula is C15H23N7O. The van der Waals surface area contributed by atoms with Gasteiger partial charge in [-0.2, -0.15) is 0 Å². The molecule has 0 aromatic carbocycles. The minimum absolute atomic E-state index is 0.0163. The van der Waals surface area contributed by atoms with Gasteiger partial charge in [0.15, 0.2) is 0 Å². The van der Waals surface area contributed by atoms with Crippen molar-refractivity contribution >= 4 is 6.03 Å². The van der Waals surface area contributed by atoms with Gasteiger partial charge in [-0.25, -0.2) is 14.8 Å². The van der Waals surface area contributed by atoms with E-state index in [1.54, 1.807) is 18.7 Å². The van der Waals surface area contributed by atoms with Crippen molar-refractivity contribution in [1.82, 2.24) is 34.2 Å². The summed E-state index contributed by atoms with van der Waals surface area (Å²) in [4.78, 5) is 24.9. The lowest BCUT2D eigenvalue weighted by Gasteiger charge is -2.38. The van der Waals surface area contributed by atoms with Crippen molar-refractivity contribution in [3.8, 4) is 0 Å².